The van der Waals surface area contributed by atoms with Crippen molar-refractivity contribution in [1.29, 1.82) is 0 Å². The summed E-state index contributed by atoms with van der Waals surface area (Å²) >= 11 is 3.25. The monoisotopic (exact) mass is 272 g/mol. The molecule has 0 aliphatic heterocycles. The third-order valence-corrected chi connectivity index (χ3v) is 2.64. The van der Waals surface area contributed by atoms with E-state index in [0.29, 0.717) is 29.0 Å². The summed E-state index contributed by atoms with van der Waals surface area (Å²) in [4.78, 5) is 20.0. The lowest BCUT2D eigenvalue weighted by atomic mass is 10.2. The molecule has 1 aromatic rings. The maximum absolute atomic E-state index is 11.5. The van der Waals surface area contributed by atoms with Gasteiger partial charge in [-0.2, -0.15) is 0 Å². The minimum Gasteiger partial charge on any atom is -0.461 e. The van der Waals surface area contributed by atoms with Gasteiger partial charge < -0.3 is 4.74 Å². The Morgan fingerprint density at radius 2 is 2.07 bits per heavy atom. The summed E-state index contributed by atoms with van der Waals surface area (Å²) in [5, 5.41) is 0. The summed E-state index contributed by atoms with van der Waals surface area (Å²) < 4.78 is 5.49. The Balaban J connectivity index is 3.15. The topological polar surface area (TPSA) is 52.1 Å². The van der Waals surface area contributed by atoms with Gasteiger partial charge in [0.2, 0.25) is 0 Å². The number of hydrogen-bond donors (Lipinski definition) is 0. The van der Waals surface area contributed by atoms with Gasteiger partial charge in [0.05, 0.1) is 18.0 Å². The van der Waals surface area contributed by atoms with Crippen molar-refractivity contribution < 1.29 is 9.53 Å². The highest BCUT2D eigenvalue weighted by Crippen LogP contribution is 2.15. The molecule has 0 spiro atoms. The Morgan fingerprint density at radius 1 is 1.40 bits per heavy atom. The first-order valence-electron chi connectivity index (χ1n) is 4.80. The standard InChI is InChI=1S/C10H13BrN2O2/c1-4-7-8(10(14)15-5-2)13-9(11)6(3)12-7/h4-5H2,1-3H3. The zero-order chi connectivity index (χ0) is 11.4. The van der Waals surface area contributed by atoms with Crippen molar-refractivity contribution in [3.63, 3.8) is 0 Å². The summed E-state index contributed by atoms with van der Waals surface area (Å²) in [6.45, 7) is 5.88. The van der Waals surface area contributed by atoms with Crippen LogP contribution in [0.5, 0.6) is 0 Å². The molecule has 0 aliphatic carbocycles. The molecule has 1 heterocycles. The van der Waals surface area contributed by atoms with Gasteiger partial charge >= 0.3 is 5.97 Å². The molecule has 0 aromatic carbocycles. The second-order valence-electron chi connectivity index (χ2n) is 2.97. The van der Waals surface area contributed by atoms with E-state index in [1.165, 1.54) is 0 Å². The smallest absolute Gasteiger partial charge is 0.358 e. The van der Waals surface area contributed by atoms with Crippen LogP contribution in [0.2, 0.25) is 0 Å². The van der Waals surface area contributed by atoms with E-state index in [0.717, 1.165) is 5.69 Å². The zero-order valence-corrected chi connectivity index (χ0v) is 10.6. The van der Waals surface area contributed by atoms with E-state index in [9.17, 15) is 4.79 Å². The van der Waals surface area contributed by atoms with E-state index in [2.05, 4.69) is 25.9 Å². The normalized spacial score (nSPS) is 10.1. The molecule has 1 aromatic heterocycles. The maximum atomic E-state index is 11.5. The Hall–Kier alpha value is -0.970. The van der Waals surface area contributed by atoms with Crippen LogP contribution in [0.4, 0.5) is 0 Å². The fraction of sp³-hybridized carbons (Fsp3) is 0.500. The quantitative estimate of drug-likeness (QED) is 0.793. The third kappa shape index (κ3) is 2.75. The Bertz CT molecular complexity index is 380. The van der Waals surface area contributed by atoms with E-state index in [4.69, 9.17) is 4.74 Å². The van der Waals surface area contributed by atoms with Crippen LogP contribution in [-0.4, -0.2) is 22.5 Å². The number of carbonyl (C=O) groups excluding carboxylic acids is 1. The molecule has 0 aliphatic rings. The number of halogens is 1. The zero-order valence-electron chi connectivity index (χ0n) is 9.00. The van der Waals surface area contributed by atoms with Crippen molar-refractivity contribution in [1.82, 2.24) is 9.97 Å². The lowest BCUT2D eigenvalue weighted by molar-refractivity contribution is 0.0517. The Morgan fingerprint density at radius 3 is 2.60 bits per heavy atom. The predicted molar refractivity (Wildman–Crippen MR) is 59.8 cm³/mol. The number of ether oxygens (including phenoxy) is 1. The molecule has 15 heavy (non-hydrogen) atoms. The summed E-state index contributed by atoms with van der Waals surface area (Å²) in [5.74, 6) is -0.414. The van der Waals surface area contributed by atoms with Gasteiger partial charge in [0.25, 0.3) is 0 Å². The number of aryl methyl sites for hydroxylation is 2. The number of aromatic nitrogens is 2. The van der Waals surface area contributed by atoms with Crippen LogP contribution in [0.15, 0.2) is 4.60 Å². The highest BCUT2D eigenvalue weighted by Gasteiger charge is 2.16. The summed E-state index contributed by atoms with van der Waals surface area (Å²) in [7, 11) is 0. The van der Waals surface area contributed by atoms with Crippen molar-refractivity contribution in [2.24, 2.45) is 0 Å². The van der Waals surface area contributed by atoms with Crippen LogP contribution >= 0.6 is 15.9 Å². The van der Waals surface area contributed by atoms with Crippen LogP contribution in [0.3, 0.4) is 0 Å². The fourth-order valence-corrected chi connectivity index (χ4v) is 1.42. The van der Waals surface area contributed by atoms with Gasteiger partial charge in [-0.3, -0.25) is 4.98 Å². The molecule has 82 valence electrons. The van der Waals surface area contributed by atoms with Gasteiger partial charge in [-0.05, 0) is 36.2 Å². The van der Waals surface area contributed by atoms with Crippen molar-refractivity contribution in [3.8, 4) is 0 Å². The van der Waals surface area contributed by atoms with Gasteiger partial charge in [0.15, 0.2) is 5.69 Å². The fourth-order valence-electron chi connectivity index (χ4n) is 1.15. The van der Waals surface area contributed by atoms with E-state index >= 15 is 0 Å². The van der Waals surface area contributed by atoms with Crippen LogP contribution < -0.4 is 0 Å². The molecule has 0 saturated heterocycles. The number of rotatable bonds is 3. The molecule has 0 saturated carbocycles. The van der Waals surface area contributed by atoms with E-state index < -0.39 is 5.97 Å². The minimum absolute atomic E-state index is 0.303. The summed E-state index contributed by atoms with van der Waals surface area (Å²) in [6.07, 6.45) is 0.662. The van der Waals surface area contributed by atoms with E-state index in [-0.39, 0.29) is 0 Å². The maximum Gasteiger partial charge on any atom is 0.358 e. The van der Waals surface area contributed by atoms with Gasteiger partial charge in [0.1, 0.15) is 4.60 Å². The summed E-state index contributed by atoms with van der Waals surface area (Å²) in [6, 6.07) is 0. The first-order chi connectivity index (χ1) is 7.10. The van der Waals surface area contributed by atoms with Gasteiger partial charge in [-0.15, -0.1) is 0 Å². The minimum atomic E-state index is -0.414. The highest BCUT2D eigenvalue weighted by molar-refractivity contribution is 9.10. The second-order valence-corrected chi connectivity index (χ2v) is 3.72. The second kappa shape index (κ2) is 5.21. The molecule has 0 unspecified atom stereocenters. The molecular weight excluding hydrogens is 260 g/mol. The Labute approximate surface area is 97.2 Å². The number of carbonyl (C=O) groups is 1. The molecule has 0 radical (unpaired) electrons. The van der Waals surface area contributed by atoms with Gasteiger partial charge in [0, 0.05) is 0 Å². The SMILES string of the molecule is CCOC(=O)c1nc(Br)c(C)nc1CC. The lowest BCUT2D eigenvalue weighted by Gasteiger charge is -2.07. The van der Waals surface area contributed by atoms with Crippen molar-refractivity contribution in [3.05, 3.63) is 21.7 Å². The van der Waals surface area contributed by atoms with Crippen LogP contribution in [0, 0.1) is 6.92 Å². The van der Waals surface area contributed by atoms with E-state index in [1.807, 2.05) is 13.8 Å². The third-order valence-electron chi connectivity index (χ3n) is 1.89. The van der Waals surface area contributed by atoms with Crippen molar-refractivity contribution in [2.75, 3.05) is 6.61 Å². The van der Waals surface area contributed by atoms with Crippen molar-refractivity contribution >= 4 is 21.9 Å². The largest absolute Gasteiger partial charge is 0.461 e. The molecular formula is C10H13BrN2O2. The molecule has 4 nitrogen and oxygen atoms in total. The average Bonchev–Trinajstić information content (AvgIpc) is 2.21. The molecule has 1 rings (SSSR count). The molecule has 0 amide bonds. The van der Waals surface area contributed by atoms with Gasteiger partial charge in [-0.1, -0.05) is 6.92 Å². The number of hydrogen-bond acceptors (Lipinski definition) is 4. The molecule has 0 fully saturated rings. The first-order valence-corrected chi connectivity index (χ1v) is 5.59. The van der Waals surface area contributed by atoms with Gasteiger partial charge in [-0.25, -0.2) is 9.78 Å². The van der Waals surface area contributed by atoms with Crippen LogP contribution in [0.25, 0.3) is 0 Å². The lowest BCUT2D eigenvalue weighted by Crippen LogP contribution is -2.13. The summed E-state index contributed by atoms with van der Waals surface area (Å²) in [5.41, 5.74) is 1.76. The van der Waals surface area contributed by atoms with E-state index in [1.54, 1.807) is 6.92 Å². The van der Waals surface area contributed by atoms with Crippen LogP contribution in [0.1, 0.15) is 35.7 Å². The average molecular weight is 273 g/mol. The molecule has 5 heteroatoms. The predicted octanol–water partition coefficient (Wildman–Crippen LogP) is 2.29. The Kier molecular flexibility index (Phi) is 4.20. The molecule has 0 atom stereocenters. The first kappa shape index (κ1) is 12.1. The molecule has 0 bridgehead atoms. The van der Waals surface area contributed by atoms with Crippen LogP contribution in [-0.2, 0) is 11.2 Å². The molecule has 0 N–H and O–H groups in total. The highest BCUT2D eigenvalue weighted by atomic mass is 79.9. The van der Waals surface area contributed by atoms with Crippen molar-refractivity contribution in [2.45, 2.75) is 27.2 Å². The number of nitrogens with zero attached hydrogens (tertiary/aromatic N) is 2. The number of esters is 1.